The predicted molar refractivity (Wildman–Crippen MR) is 80.6 cm³/mol. The highest BCUT2D eigenvalue weighted by molar-refractivity contribution is 6.33. The minimum absolute atomic E-state index is 0.299. The number of hydrogen-bond acceptors (Lipinski definition) is 4. The molecule has 1 fully saturated rings. The second-order valence-corrected chi connectivity index (χ2v) is 5.41. The normalized spacial score (nSPS) is 15.9. The third-order valence-electron chi connectivity index (χ3n) is 3.55. The van der Waals surface area contributed by atoms with Gasteiger partial charge in [0, 0.05) is 0 Å². The summed E-state index contributed by atoms with van der Waals surface area (Å²) < 4.78 is 1.78. The van der Waals surface area contributed by atoms with Gasteiger partial charge in [-0.2, -0.15) is 0 Å². The van der Waals surface area contributed by atoms with Crippen LogP contribution in [0.25, 0.3) is 0 Å². The van der Waals surface area contributed by atoms with Crippen LogP contribution in [0.1, 0.15) is 29.4 Å². The van der Waals surface area contributed by atoms with E-state index in [1.165, 1.54) is 0 Å². The zero-order chi connectivity index (χ0) is 14.7. The molecule has 110 valence electrons. The number of amides is 1. The van der Waals surface area contributed by atoms with Crippen LogP contribution in [0.4, 0.5) is 5.69 Å². The number of rotatable bonds is 3. The number of piperidine rings is 1. The summed E-state index contributed by atoms with van der Waals surface area (Å²) in [5.74, 6) is -0.303. The van der Waals surface area contributed by atoms with Crippen LogP contribution in [-0.4, -0.2) is 34.0 Å². The predicted octanol–water partition coefficient (Wildman–Crippen LogP) is 2.11. The van der Waals surface area contributed by atoms with Gasteiger partial charge in [0.25, 0.3) is 5.91 Å². The van der Waals surface area contributed by atoms with E-state index in [4.69, 9.17) is 11.6 Å². The molecule has 0 atom stereocenters. The molecule has 1 aromatic carbocycles. The molecule has 7 heteroatoms. The fraction of sp³-hybridized carbons (Fsp3) is 0.357. The average Bonchev–Trinajstić information content (AvgIpc) is 3.00. The van der Waals surface area contributed by atoms with Crippen molar-refractivity contribution >= 4 is 23.2 Å². The van der Waals surface area contributed by atoms with Crippen LogP contribution in [0.3, 0.4) is 0 Å². The Kier molecular flexibility index (Phi) is 4.17. The lowest BCUT2D eigenvalue weighted by Gasteiger charge is -2.22. The number of benzene rings is 1. The topological polar surface area (TPSA) is 71.8 Å². The summed E-state index contributed by atoms with van der Waals surface area (Å²) in [6, 6.07) is 7.40. The SMILES string of the molecule is O=C(Nc1ccccc1Cl)c1cn(C2CCNCC2)nn1. The Bertz CT molecular complexity index is 636. The van der Waals surface area contributed by atoms with Crippen molar-refractivity contribution in [1.82, 2.24) is 20.3 Å². The molecule has 1 saturated heterocycles. The molecule has 0 aliphatic carbocycles. The largest absolute Gasteiger partial charge is 0.319 e. The van der Waals surface area contributed by atoms with Crippen molar-refractivity contribution in [3.8, 4) is 0 Å². The minimum Gasteiger partial charge on any atom is -0.319 e. The molecular weight excluding hydrogens is 290 g/mol. The van der Waals surface area contributed by atoms with Gasteiger partial charge < -0.3 is 10.6 Å². The number of carbonyl (C=O) groups excluding carboxylic acids is 1. The van der Waals surface area contributed by atoms with Gasteiger partial charge in [0.05, 0.1) is 22.9 Å². The van der Waals surface area contributed by atoms with Crippen molar-refractivity contribution in [3.05, 3.63) is 41.2 Å². The Balaban J connectivity index is 1.71. The maximum Gasteiger partial charge on any atom is 0.277 e. The third kappa shape index (κ3) is 3.22. The average molecular weight is 306 g/mol. The van der Waals surface area contributed by atoms with E-state index < -0.39 is 0 Å². The van der Waals surface area contributed by atoms with Crippen LogP contribution >= 0.6 is 11.6 Å². The van der Waals surface area contributed by atoms with E-state index in [2.05, 4.69) is 20.9 Å². The van der Waals surface area contributed by atoms with Gasteiger partial charge in [0.1, 0.15) is 0 Å². The Morgan fingerprint density at radius 1 is 1.33 bits per heavy atom. The lowest BCUT2D eigenvalue weighted by molar-refractivity contribution is 0.102. The maximum absolute atomic E-state index is 12.2. The van der Waals surface area contributed by atoms with Gasteiger partial charge in [-0.1, -0.05) is 28.9 Å². The molecular formula is C14H16ClN5O. The molecule has 0 radical (unpaired) electrons. The summed E-state index contributed by atoms with van der Waals surface area (Å²) in [7, 11) is 0. The molecule has 1 amide bonds. The molecule has 0 spiro atoms. The van der Waals surface area contributed by atoms with Crippen LogP contribution in [0.15, 0.2) is 30.5 Å². The summed E-state index contributed by atoms with van der Waals surface area (Å²) in [6.07, 6.45) is 3.69. The van der Waals surface area contributed by atoms with Gasteiger partial charge in [-0.05, 0) is 38.1 Å². The van der Waals surface area contributed by atoms with Gasteiger partial charge in [-0.25, -0.2) is 4.68 Å². The number of hydrogen-bond donors (Lipinski definition) is 2. The van der Waals surface area contributed by atoms with Crippen LogP contribution < -0.4 is 10.6 Å². The zero-order valence-corrected chi connectivity index (χ0v) is 12.2. The highest BCUT2D eigenvalue weighted by Gasteiger charge is 2.19. The fourth-order valence-electron chi connectivity index (χ4n) is 2.38. The van der Waals surface area contributed by atoms with E-state index in [9.17, 15) is 4.79 Å². The zero-order valence-electron chi connectivity index (χ0n) is 11.4. The summed E-state index contributed by atoms with van der Waals surface area (Å²) >= 11 is 6.02. The molecule has 1 aliphatic rings. The van der Waals surface area contributed by atoms with Crippen molar-refractivity contribution in [2.24, 2.45) is 0 Å². The molecule has 1 aromatic heterocycles. The number of anilines is 1. The summed E-state index contributed by atoms with van der Waals surface area (Å²) in [5, 5.41) is 14.6. The number of nitrogens with one attached hydrogen (secondary N) is 2. The van der Waals surface area contributed by atoms with Crippen molar-refractivity contribution in [1.29, 1.82) is 0 Å². The molecule has 1 aliphatic heterocycles. The Morgan fingerprint density at radius 3 is 2.86 bits per heavy atom. The smallest absolute Gasteiger partial charge is 0.277 e. The van der Waals surface area contributed by atoms with Crippen molar-refractivity contribution in [3.63, 3.8) is 0 Å². The standard InChI is InChI=1S/C14H16ClN5O/c15-11-3-1-2-4-12(11)17-14(21)13-9-20(19-18-13)10-5-7-16-8-6-10/h1-4,9-10,16H,5-8H2,(H,17,21). The van der Waals surface area contributed by atoms with Gasteiger partial charge in [-0.15, -0.1) is 5.10 Å². The Labute approximate surface area is 127 Å². The lowest BCUT2D eigenvalue weighted by Crippen LogP contribution is -2.29. The van der Waals surface area contributed by atoms with Gasteiger partial charge in [-0.3, -0.25) is 4.79 Å². The number of nitrogens with zero attached hydrogens (tertiary/aromatic N) is 3. The van der Waals surface area contributed by atoms with Crippen molar-refractivity contribution in [2.45, 2.75) is 18.9 Å². The molecule has 0 saturated carbocycles. The third-order valence-corrected chi connectivity index (χ3v) is 3.88. The van der Waals surface area contributed by atoms with Crippen molar-refractivity contribution in [2.75, 3.05) is 18.4 Å². The van der Waals surface area contributed by atoms with E-state index >= 15 is 0 Å². The molecule has 2 N–H and O–H groups in total. The number of aromatic nitrogens is 3. The first-order valence-electron chi connectivity index (χ1n) is 6.92. The summed E-state index contributed by atoms with van der Waals surface area (Å²) in [4.78, 5) is 12.2. The molecule has 0 bridgehead atoms. The van der Waals surface area contributed by atoms with Crippen LogP contribution in [0, 0.1) is 0 Å². The van der Waals surface area contributed by atoms with E-state index in [-0.39, 0.29) is 5.91 Å². The molecule has 21 heavy (non-hydrogen) atoms. The molecule has 3 rings (SSSR count). The second kappa shape index (κ2) is 6.24. The van der Waals surface area contributed by atoms with Crippen molar-refractivity contribution < 1.29 is 4.79 Å². The van der Waals surface area contributed by atoms with E-state index in [0.717, 1.165) is 25.9 Å². The number of para-hydroxylation sites is 1. The highest BCUT2D eigenvalue weighted by Crippen LogP contribution is 2.21. The summed E-state index contributed by atoms with van der Waals surface area (Å²) in [5.41, 5.74) is 0.869. The van der Waals surface area contributed by atoms with Crippen LogP contribution in [0.5, 0.6) is 0 Å². The van der Waals surface area contributed by atoms with Gasteiger partial charge in [0.15, 0.2) is 5.69 Å². The van der Waals surface area contributed by atoms with Gasteiger partial charge >= 0.3 is 0 Å². The second-order valence-electron chi connectivity index (χ2n) is 5.00. The quantitative estimate of drug-likeness (QED) is 0.911. The first kappa shape index (κ1) is 14.0. The van der Waals surface area contributed by atoms with E-state index in [1.807, 2.05) is 12.1 Å². The van der Waals surface area contributed by atoms with E-state index in [0.29, 0.717) is 22.4 Å². The molecule has 2 aromatic rings. The first-order valence-corrected chi connectivity index (χ1v) is 7.30. The Hall–Kier alpha value is -1.92. The molecule has 2 heterocycles. The number of halogens is 1. The van der Waals surface area contributed by atoms with E-state index in [1.54, 1.807) is 23.0 Å². The fourth-order valence-corrected chi connectivity index (χ4v) is 2.56. The highest BCUT2D eigenvalue weighted by atomic mass is 35.5. The monoisotopic (exact) mass is 305 g/mol. The van der Waals surface area contributed by atoms with Crippen LogP contribution in [0.2, 0.25) is 5.02 Å². The summed E-state index contributed by atoms with van der Waals surface area (Å²) in [6.45, 7) is 1.93. The lowest BCUT2D eigenvalue weighted by atomic mass is 10.1. The molecule has 6 nitrogen and oxygen atoms in total. The number of carbonyl (C=O) groups is 1. The maximum atomic E-state index is 12.2. The minimum atomic E-state index is -0.303. The first-order chi connectivity index (χ1) is 10.2. The van der Waals surface area contributed by atoms with Gasteiger partial charge in [0.2, 0.25) is 0 Å². The Morgan fingerprint density at radius 2 is 2.10 bits per heavy atom. The van der Waals surface area contributed by atoms with Crippen LogP contribution in [-0.2, 0) is 0 Å². The molecule has 0 unspecified atom stereocenters.